The zero-order valence-corrected chi connectivity index (χ0v) is 14.0. The summed E-state index contributed by atoms with van der Waals surface area (Å²) >= 11 is 0. The number of hydrogen-bond acceptors (Lipinski definition) is 3. The Balaban J connectivity index is 2.07. The fourth-order valence-electron chi connectivity index (χ4n) is 2.32. The van der Waals surface area contributed by atoms with E-state index in [1.165, 1.54) is 4.90 Å². The molecule has 5 nitrogen and oxygen atoms in total. The van der Waals surface area contributed by atoms with Crippen molar-refractivity contribution >= 4 is 17.5 Å². The number of carbonyl (C=O) groups excluding carboxylic acids is 2. The zero-order valence-electron chi connectivity index (χ0n) is 14.0. The summed E-state index contributed by atoms with van der Waals surface area (Å²) in [6, 6.07) is 14.9. The van der Waals surface area contributed by atoms with Gasteiger partial charge in [-0.25, -0.2) is 0 Å². The molecule has 2 rings (SSSR count). The van der Waals surface area contributed by atoms with Gasteiger partial charge in [0.1, 0.15) is 0 Å². The third kappa shape index (κ3) is 4.67. The van der Waals surface area contributed by atoms with E-state index in [4.69, 9.17) is 0 Å². The van der Waals surface area contributed by atoms with Crippen LogP contribution in [0.25, 0.3) is 0 Å². The fourth-order valence-corrected chi connectivity index (χ4v) is 2.32. The number of benzene rings is 2. The van der Waals surface area contributed by atoms with E-state index in [1.807, 2.05) is 56.3 Å². The van der Waals surface area contributed by atoms with Crippen LogP contribution in [-0.4, -0.2) is 35.0 Å². The van der Waals surface area contributed by atoms with Crippen molar-refractivity contribution in [3.8, 4) is 0 Å². The molecule has 126 valence electrons. The summed E-state index contributed by atoms with van der Waals surface area (Å²) in [5, 5.41) is 11.8. The number of anilines is 1. The van der Waals surface area contributed by atoms with Crippen LogP contribution in [0.5, 0.6) is 0 Å². The van der Waals surface area contributed by atoms with Crippen molar-refractivity contribution in [1.29, 1.82) is 0 Å². The molecule has 0 fully saturated rings. The van der Waals surface area contributed by atoms with Gasteiger partial charge in [0, 0.05) is 18.8 Å². The first kappa shape index (κ1) is 17.7. The van der Waals surface area contributed by atoms with Crippen LogP contribution < -0.4 is 5.32 Å². The molecule has 0 saturated heterocycles. The number of aliphatic hydroxyl groups excluding tert-OH is 1. The number of hydrogen-bond donors (Lipinski definition) is 2. The topological polar surface area (TPSA) is 69.6 Å². The Morgan fingerprint density at radius 1 is 1.04 bits per heavy atom. The maximum atomic E-state index is 12.4. The van der Waals surface area contributed by atoms with Gasteiger partial charge in [0.05, 0.1) is 6.61 Å². The normalized spacial score (nSPS) is 10.3. The molecule has 0 spiro atoms. The van der Waals surface area contributed by atoms with E-state index in [9.17, 15) is 14.7 Å². The second kappa shape index (κ2) is 8.26. The Kier molecular flexibility index (Phi) is 6.09. The molecular weight excluding hydrogens is 304 g/mol. The zero-order chi connectivity index (χ0) is 17.5. The summed E-state index contributed by atoms with van der Waals surface area (Å²) < 4.78 is 0. The van der Waals surface area contributed by atoms with Gasteiger partial charge in [0.25, 0.3) is 0 Å². The molecule has 2 aromatic carbocycles. The van der Waals surface area contributed by atoms with Gasteiger partial charge in [-0.2, -0.15) is 0 Å². The Hall–Kier alpha value is -2.66. The molecule has 0 aliphatic heterocycles. The Morgan fingerprint density at radius 2 is 1.75 bits per heavy atom. The van der Waals surface area contributed by atoms with Crippen LogP contribution in [0.1, 0.15) is 16.7 Å². The van der Waals surface area contributed by atoms with E-state index in [-0.39, 0.29) is 19.7 Å². The summed E-state index contributed by atoms with van der Waals surface area (Å²) in [5.41, 5.74) is 3.64. The molecule has 5 heteroatoms. The molecule has 0 saturated carbocycles. The van der Waals surface area contributed by atoms with E-state index in [1.54, 1.807) is 6.07 Å². The first-order chi connectivity index (χ1) is 11.5. The molecular formula is C19H22N2O3. The lowest BCUT2D eigenvalue weighted by Gasteiger charge is -2.21. The highest BCUT2D eigenvalue weighted by Crippen LogP contribution is 2.14. The molecule has 0 radical (unpaired) electrons. The minimum atomic E-state index is -0.706. The lowest BCUT2D eigenvalue weighted by atomic mass is 10.1. The molecule has 0 atom stereocenters. The molecule has 0 aromatic heterocycles. The number of aliphatic hydroxyl groups is 1. The number of aryl methyl sites for hydroxylation is 2. The Bertz CT molecular complexity index is 714. The molecule has 0 heterocycles. The molecule has 24 heavy (non-hydrogen) atoms. The molecule has 2 aromatic rings. The predicted octanol–water partition coefficient (Wildman–Crippen LogP) is 2.26. The minimum absolute atomic E-state index is 0.105. The Labute approximate surface area is 141 Å². The second-order valence-electron chi connectivity index (χ2n) is 5.69. The highest BCUT2D eigenvalue weighted by Gasteiger charge is 2.21. The lowest BCUT2D eigenvalue weighted by Crippen LogP contribution is -2.40. The maximum Gasteiger partial charge on any atom is 0.313 e. The lowest BCUT2D eigenvalue weighted by molar-refractivity contribution is -0.143. The third-order valence-electron chi connectivity index (χ3n) is 3.83. The quantitative estimate of drug-likeness (QED) is 0.828. The predicted molar refractivity (Wildman–Crippen MR) is 93.5 cm³/mol. The van der Waals surface area contributed by atoms with Crippen LogP contribution >= 0.6 is 0 Å². The SMILES string of the molecule is Cc1ccc(NC(=O)C(=O)N(CCO)Cc2ccccc2)cc1C. The van der Waals surface area contributed by atoms with Gasteiger partial charge < -0.3 is 15.3 Å². The first-order valence-corrected chi connectivity index (χ1v) is 7.83. The largest absolute Gasteiger partial charge is 0.395 e. The second-order valence-corrected chi connectivity index (χ2v) is 5.69. The van der Waals surface area contributed by atoms with Crippen molar-refractivity contribution < 1.29 is 14.7 Å². The number of nitrogens with one attached hydrogen (secondary N) is 1. The van der Waals surface area contributed by atoms with Crippen LogP contribution in [0.15, 0.2) is 48.5 Å². The van der Waals surface area contributed by atoms with Gasteiger partial charge in [-0.05, 0) is 42.7 Å². The average Bonchev–Trinajstić information content (AvgIpc) is 2.58. The summed E-state index contributed by atoms with van der Waals surface area (Å²) in [5.74, 6) is -1.37. The number of amides is 2. The highest BCUT2D eigenvalue weighted by atomic mass is 16.3. The smallest absolute Gasteiger partial charge is 0.313 e. The summed E-state index contributed by atoms with van der Waals surface area (Å²) in [7, 11) is 0. The number of carbonyl (C=O) groups is 2. The van der Waals surface area contributed by atoms with Crippen LogP contribution in [-0.2, 0) is 16.1 Å². The average molecular weight is 326 g/mol. The molecule has 0 unspecified atom stereocenters. The molecule has 2 N–H and O–H groups in total. The molecule has 0 aliphatic rings. The van der Waals surface area contributed by atoms with Crippen molar-refractivity contribution in [2.45, 2.75) is 20.4 Å². The molecule has 0 aliphatic carbocycles. The minimum Gasteiger partial charge on any atom is -0.395 e. The van der Waals surface area contributed by atoms with E-state index < -0.39 is 11.8 Å². The van der Waals surface area contributed by atoms with Crippen LogP contribution in [0, 0.1) is 13.8 Å². The maximum absolute atomic E-state index is 12.4. The summed E-state index contributed by atoms with van der Waals surface area (Å²) in [4.78, 5) is 26.0. The molecule has 2 amide bonds. The van der Waals surface area contributed by atoms with E-state index in [0.717, 1.165) is 16.7 Å². The van der Waals surface area contributed by atoms with E-state index in [0.29, 0.717) is 5.69 Å². The summed E-state index contributed by atoms with van der Waals surface area (Å²) in [6.45, 7) is 4.11. The van der Waals surface area contributed by atoms with Gasteiger partial charge in [-0.3, -0.25) is 9.59 Å². The number of rotatable bonds is 5. The first-order valence-electron chi connectivity index (χ1n) is 7.83. The van der Waals surface area contributed by atoms with Crippen LogP contribution in [0.3, 0.4) is 0 Å². The van der Waals surface area contributed by atoms with E-state index >= 15 is 0 Å². The standard InChI is InChI=1S/C19H22N2O3/c1-14-8-9-17(12-15(14)2)20-18(23)19(24)21(10-11-22)13-16-6-4-3-5-7-16/h3-9,12,22H,10-11,13H2,1-2H3,(H,20,23). The van der Waals surface area contributed by atoms with Crippen molar-refractivity contribution in [1.82, 2.24) is 4.90 Å². The van der Waals surface area contributed by atoms with Crippen LogP contribution in [0.4, 0.5) is 5.69 Å². The van der Waals surface area contributed by atoms with Crippen molar-refractivity contribution in [3.05, 3.63) is 65.2 Å². The van der Waals surface area contributed by atoms with Gasteiger partial charge in [0.15, 0.2) is 0 Å². The Morgan fingerprint density at radius 3 is 2.38 bits per heavy atom. The van der Waals surface area contributed by atoms with Gasteiger partial charge in [-0.15, -0.1) is 0 Å². The molecule has 0 bridgehead atoms. The van der Waals surface area contributed by atoms with Crippen molar-refractivity contribution in [2.75, 3.05) is 18.5 Å². The van der Waals surface area contributed by atoms with Gasteiger partial charge in [0.2, 0.25) is 0 Å². The fraction of sp³-hybridized carbons (Fsp3) is 0.263. The summed E-state index contributed by atoms with van der Waals surface area (Å²) in [6.07, 6.45) is 0. The van der Waals surface area contributed by atoms with Crippen LogP contribution in [0.2, 0.25) is 0 Å². The third-order valence-corrected chi connectivity index (χ3v) is 3.83. The van der Waals surface area contributed by atoms with Gasteiger partial charge >= 0.3 is 11.8 Å². The van der Waals surface area contributed by atoms with Gasteiger partial charge in [-0.1, -0.05) is 36.4 Å². The van der Waals surface area contributed by atoms with Crippen molar-refractivity contribution in [3.63, 3.8) is 0 Å². The van der Waals surface area contributed by atoms with Crippen molar-refractivity contribution in [2.24, 2.45) is 0 Å². The van der Waals surface area contributed by atoms with E-state index in [2.05, 4.69) is 5.32 Å². The number of nitrogens with zero attached hydrogens (tertiary/aromatic N) is 1. The monoisotopic (exact) mass is 326 g/mol. The highest BCUT2D eigenvalue weighted by molar-refractivity contribution is 6.39.